The lowest BCUT2D eigenvalue weighted by atomic mass is 10.1. The van der Waals surface area contributed by atoms with Crippen molar-refractivity contribution in [3.05, 3.63) is 25.3 Å². The van der Waals surface area contributed by atoms with Crippen molar-refractivity contribution in [1.82, 2.24) is 0 Å². The number of esters is 2. The Morgan fingerprint density at radius 2 is 1.87 bits per heavy atom. The summed E-state index contributed by atoms with van der Waals surface area (Å²) in [4.78, 5) is 21.6. The lowest BCUT2D eigenvalue weighted by Gasteiger charge is -2.25. The summed E-state index contributed by atoms with van der Waals surface area (Å²) >= 11 is 0. The SMILES string of the molecule is C=CC(=O)OCC(C)(CO)OC(=O)C=C. The Kier molecular flexibility index (Phi) is 5.33. The molecule has 0 heterocycles. The van der Waals surface area contributed by atoms with Gasteiger partial charge in [0, 0.05) is 12.2 Å². The quantitative estimate of drug-likeness (QED) is 0.505. The maximum Gasteiger partial charge on any atom is 0.330 e. The van der Waals surface area contributed by atoms with Gasteiger partial charge in [-0.25, -0.2) is 9.59 Å². The Labute approximate surface area is 88.0 Å². The van der Waals surface area contributed by atoms with E-state index in [1.165, 1.54) is 6.92 Å². The largest absolute Gasteiger partial charge is 0.458 e. The van der Waals surface area contributed by atoms with Crippen LogP contribution in [0.1, 0.15) is 6.92 Å². The third-order valence-corrected chi connectivity index (χ3v) is 1.53. The summed E-state index contributed by atoms with van der Waals surface area (Å²) < 4.78 is 9.48. The third-order valence-electron chi connectivity index (χ3n) is 1.53. The summed E-state index contributed by atoms with van der Waals surface area (Å²) in [5.41, 5.74) is -1.26. The molecule has 0 saturated heterocycles. The van der Waals surface area contributed by atoms with Crippen LogP contribution in [0.3, 0.4) is 0 Å². The summed E-state index contributed by atoms with van der Waals surface area (Å²) in [6.07, 6.45) is 1.94. The fourth-order valence-corrected chi connectivity index (χ4v) is 0.675. The maximum atomic E-state index is 10.9. The summed E-state index contributed by atoms with van der Waals surface area (Å²) in [6.45, 7) is 7.15. The Bertz CT molecular complexity index is 271. The van der Waals surface area contributed by atoms with E-state index in [0.29, 0.717) is 0 Å². The number of carbonyl (C=O) groups is 2. The molecule has 0 fully saturated rings. The number of ether oxygens (including phenoxy) is 2. The number of hydrogen-bond acceptors (Lipinski definition) is 5. The van der Waals surface area contributed by atoms with Gasteiger partial charge in [0.05, 0.1) is 6.61 Å². The van der Waals surface area contributed by atoms with Crippen molar-refractivity contribution >= 4 is 11.9 Å². The van der Waals surface area contributed by atoms with E-state index < -0.39 is 24.1 Å². The molecule has 0 aromatic carbocycles. The molecule has 15 heavy (non-hydrogen) atoms. The topological polar surface area (TPSA) is 72.8 Å². The molecule has 0 bridgehead atoms. The highest BCUT2D eigenvalue weighted by Crippen LogP contribution is 2.11. The molecule has 0 aliphatic heterocycles. The highest BCUT2D eigenvalue weighted by Gasteiger charge is 2.29. The molecule has 5 nitrogen and oxygen atoms in total. The lowest BCUT2D eigenvalue weighted by Crippen LogP contribution is -2.40. The van der Waals surface area contributed by atoms with Crippen LogP contribution in [-0.2, 0) is 19.1 Å². The zero-order valence-corrected chi connectivity index (χ0v) is 8.56. The van der Waals surface area contributed by atoms with E-state index in [1.807, 2.05) is 0 Å². The number of aliphatic hydroxyl groups is 1. The van der Waals surface area contributed by atoms with Gasteiger partial charge in [-0.15, -0.1) is 0 Å². The standard InChI is InChI=1S/C10H14O5/c1-4-8(12)14-7-10(3,6-11)15-9(13)5-2/h4-5,11H,1-2,6-7H2,3H3. The normalized spacial score (nSPS) is 13.5. The Balaban J connectivity index is 4.29. The monoisotopic (exact) mass is 214 g/mol. The smallest absolute Gasteiger partial charge is 0.330 e. The second kappa shape index (κ2) is 5.98. The molecule has 1 N–H and O–H groups in total. The van der Waals surface area contributed by atoms with Crippen LogP contribution in [0, 0.1) is 0 Å². The first-order valence-electron chi connectivity index (χ1n) is 4.23. The Hall–Kier alpha value is -1.62. The number of hydrogen-bond donors (Lipinski definition) is 1. The van der Waals surface area contributed by atoms with Gasteiger partial charge in [-0.05, 0) is 6.92 Å². The molecule has 0 aliphatic carbocycles. The van der Waals surface area contributed by atoms with Crippen LogP contribution in [0.15, 0.2) is 25.3 Å². The summed E-state index contributed by atoms with van der Waals surface area (Å²) in [7, 11) is 0. The first-order valence-corrected chi connectivity index (χ1v) is 4.23. The fourth-order valence-electron chi connectivity index (χ4n) is 0.675. The predicted octanol–water partition coefficient (Wildman–Crippen LogP) is 0.196. The van der Waals surface area contributed by atoms with Crippen molar-refractivity contribution in [2.45, 2.75) is 12.5 Å². The first-order chi connectivity index (χ1) is 6.97. The third kappa shape index (κ3) is 4.97. The average Bonchev–Trinajstić information content (AvgIpc) is 2.25. The van der Waals surface area contributed by atoms with Crippen molar-refractivity contribution in [1.29, 1.82) is 0 Å². The fraction of sp³-hybridized carbons (Fsp3) is 0.400. The van der Waals surface area contributed by atoms with Gasteiger partial charge in [-0.2, -0.15) is 0 Å². The van der Waals surface area contributed by atoms with Gasteiger partial charge in [0.1, 0.15) is 6.61 Å². The van der Waals surface area contributed by atoms with Gasteiger partial charge in [0.15, 0.2) is 5.60 Å². The lowest BCUT2D eigenvalue weighted by molar-refractivity contribution is -0.168. The van der Waals surface area contributed by atoms with Crippen LogP contribution in [0.25, 0.3) is 0 Å². The minimum atomic E-state index is -1.26. The number of carbonyl (C=O) groups excluding carboxylic acids is 2. The molecule has 0 spiro atoms. The molecule has 1 unspecified atom stereocenters. The molecule has 0 amide bonds. The van der Waals surface area contributed by atoms with Crippen molar-refractivity contribution in [2.75, 3.05) is 13.2 Å². The zero-order chi connectivity index (χ0) is 11.9. The van der Waals surface area contributed by atoms with Gasteiger partial charge in [0.2, 0.25) is 0 Å². The van der Waals surface area contributed by atoms with Gasteiger partial charge in [-0.1, -0.05) is 13.2 Å². The second-order valence-corrected chi connectivity index (χ2v) is 3.05. The molecule has 0 radical (unpaired) electrons. The molecule has 84 valence electrons. The molecular formula is C10H14O5. The Morgan fingerprint density at radius 3 is 2.27 bits per heavy atom. The van der Waals surface area contributed by atoms with E-state index in [4.69, 9.17) is 9.84 Å². The summed E-state index contributed by atoms with van der Waals surface area (Å²) in [6, 6.07) is 0. The van der Waals surface area contributed by atoms with E-state index in [9.17, 15) is 9.59 Å². The summed E-state index contributed by atoms with van der Waals surface area (Å²) in [5, 5.41) is 8.99. The van der Waals surface area contributed by atoms with E-state index >= 15 is 0 Å². The van der Waals surface area contributed by atoms with Crippen LogP contribution in [0.4, 0.5) is 0 Å². The summed E-state index contributed by atoms with van der Waals surface area (Å²) in [5.74, 6) is -1.34. The zero-order valence-electron chi connectivity index (χ0n) is 8.56. The highest BCUT2D eigenvalue weighted by atomic mass is 16.6. The van der Waals surface area contributed by atoms with E-state index in [-0.39, 0.29) is 6.61 Å². The van der Waals surface area contributed by atoms with Gasteiger partial charge < -0.3 is 14.6 Å². The van der Waals surface area contributed by atoms with E-state index in [1.54, 1.807) is 0 Å². The second-order valence-electron chi connectivity index (χ2n) is 3.05. The minimum Gasteiger partial charge on any atom is -0.458 e. The van der Waals surface area contributed by atoms with Crippen molar-refractivity contribution < 1.29 is 24.2 Å². The Morgan fingerprint density at radius 1 is 1.33 bits per heavy atom. The maximum absolute atomic E-state index is 10.9. The molecule has 5 heteroatoms. The van der Waals surface area contributed by atoms with E-state index in [0.717, 1.165) is 12.2 Å². The van der Waals surface area contributed by atoms with E-state index in [2.05, 4.69) is 17.9 Å². The predicted molar refractivity (Wildman–Crippen MR) is 52.9 cm³/mol. The van der Waals surface area contributed by atoms with Gasteiger partial charge >= 0.3 is 11.9 Å². The van der Waals surface area contributed by atoms with Crippen LogP contribution >= 0.6 is 0 Å². The van der Waals surface area contributed by atoms with Gasteiger partial charge in [-0.3, -0.25) is 0 Å². The highest BCUT2D eigenvalue weighted by molar-refractivity contribution is 5.82. The molecule has 0 aliphatic rings. The molecule has 0 saturated carbocycles. The number of aliphatic hydroxyl groups excluding tert-OH is 1. The molecule has 0 aromatic rings. The molecule has 0 rings (SSSR count). The average molecular weight is 214 g/mol. The van der Waals surface area contributed by atoms with Crippen molar-refractivity contribution in [3.63, 3.8) is 0 Å². The molecular weight excluding hydrogens is 200 g/mol. The molecule has 0 aromatic heterocycles. The number of rotatable bonds is 6. The van der Waals surface area contributed by atoms with Crippen LogP contribution < -0.4 is 0 Å². The van der Waals surface area contributed by atoms with Crippen LogP contribution in [0.2, 0.25) is 0 Å². The van der Waals surface area contributed by atoms with Crippen LogP contribution in [0.5, 0.6) is 0 Å². The first kappa shape index (κ1) is 13.4. The minimum absolute atomic E-state index is 0.242. The van der Waals surface area contributed by atoms with Crippen molar-refractivity contribution in [2.24, 2.45) is 0 Å². The van der Waals surface area contributed by atoms with Crippen molar-refractivity contribution in [3.8, 4) is 0 Å². The van der Waals surface area contributed by atoms with Crippen LogP contribution in [-0.4, -0.2) is 35.9 Å². The van der Waals surface area contributed by atoms with Gasteiger partial charge in [0.25, 0.3) is 0 Å². The molecule has 1 atom stereocenters.